The molecule has 4 nitrogen and oxygen atoms in total. The normalized spacial score (nSPS) is 13.9. The third-order valence-electron chi connectivity index (χ3n) is 4.21. The average molecular weight is 250 g/mol. The van der Waals surface area contributed by atoms with Gasteiger partial charge in [-0.05, 0) is 51.1 Å². The van der Waals surface area contributed by atoms with E-state index in [4.69, 9.17) is 5.84 Å². The summed E-state index contributed by atoms with van der Waals surface area (Å²) in [5, 5.41) is 0. The number of hydrazine groups is 1. The molecule has 1 rings (SSSR count). The smallest absolute Gasteiger partial charge is 0.0661 e. The fraction of sp³-hybridized carbons (Fsp3) is 0.643. The SMILES string of the molecule is CCC(CC)(C(NN)c1cnccc1C)N(C)C. The second kappa shape index (κ2) is 6.27. The molecule has 0 saturated carbocycles. The summed E-state index contributed by atoms with van der Waals surface area (Å²) in [4.78, 5) is 6.51. The number of aromatic nitrogens is 1. The molecule has 0 bridgehead atoms. The molecule has 1 aromatic rings. The van der Waals surface area contributed by atoms with Crippen LogP contribution in [0, 0.1) is 6.92 Å². The van der Waals surface area contributed by atoms with E-state index in [-0.39, 0.29) is 11.6 Å². The number of aryl methyl sites for hydroxylation is 1. The van der Waals surface area contributed by atoms with Gasteiger partial charge in [0.25, 0.3) is 0 Å². The topological polar surface area (TPSA) is 54.2 Å². The van der Waals surface area contributed by atoms with Crippen LogP contribution >= 0.6 is 0 Å². The molecule has 1 aromatic heterocycles. The molecule has 0 aromatic carbocycles. The van der Waals surface area contributed by atoms with Gasteiger partial charge >= 0.3 is 0 Å². The monoisotopic (exact) mass is 250 g/mol. The number of hydrogen-bond acceptors (Lipinski definition) is 4. The highest BCUT2D eigenvalue weighted by Gasteiger charge is 2.38. The van der Waals surface area contributed by atoms with E-state index in [9.17, 15) is 0 Å². The Kier molecular flexibility index (Phi) is 5.26. The molecule has 0 aliphatic rings. The molecule has 0 spiro atoms. The van der Waals surface area contributed by atoms with E-state index in [2.05, 4.69) is 50.2 Å². The molecule has 0 aliphatic heterocycles. The van der Waals surface area contributed by atoms with Gasteiger partial charge in [0.05, 0.1) is 6.04 Å². The highest BCUT2D eigenvalue weighted by Crippen LogP contribution is 2.36. The van der Waals surface area contributed by atoms with Gasteiger partial charge in [-0.1, -0.05) is 13.8 Å². The van der Waals surface area contributed by atoms with Crippen LogP contribution in [0.2, 0.25) is 0 Å². The van der Waals surface area contributed by atoms with Crippen LogP contribution < -0.4 is 11.3 Å². The van der Waals surface area contributed by atoms with E-state index < -0.39 is 0 Å². The van der Waals surface area contributed by atoms with Crippen molar-refractivity contribution in [2.75, 3.05) is 14.1 Å². The third kappa shape index (κ3) is 2.55. The van der Waals surface area contributed by atoms with Gasteiger partial charge in [-0.3, -0.25) is 16.3 Å². The lowest BCUT2D eigenvalue weighted by Gasteiger charge is -2.45. The fourth-order valence-corrected chi connectivity index (χ4v) is 2.86. The van der Waals surface area contributed by atoms with E-state index in [1.54, 1.807) is 0 Å². The number of nitrogens with zero attached hydrogens (tertiary/aromatic N) is 2. The lowest BCUT2D eigenvalue weighted by atomic mass is 9.79. The van der Waals surface area contributed by atoms with Crippen molar-refractivity contribution in [1.82, 2.24) is 15.3 Å². The summed E-state index contributed by atoms with van der Waals surface area (Å²) in [5.41, 5.74) is 5.41. The summed E-state index contributed by atoms with van der Waals surface area (Å²) in [5.74, 6) is 5.84. The zero-order chi connectivity index (χ0) is 13.8. The molecule has 0 radical (unpaired) electrons. The number of nitrogens with two attached hydrogens (primary N) is 1. The quantitative estimate of drug-likeness (QED) is 0.599. The maximum Gasteiger partial charge on any atom is 0.0661 e. The van der Waals surface area contributed by atoms with Crippen LogP contribution in [0.5, 0.6) is 0 Å². The number of hydrogen-bond donors (Lipinski definition) is 2. The van der Waals surface area contributed by atoms with Crippen LogP contribution in [0.15, 0.2) is 18.5 Å². The molecule has 1 atom stereocenters. The maximum atomic E-state index is 5.84. The van der Waals surface area contributed by atoms with Crippen molar-refractivity contribution in [2.24, 2.45) is 5.84 Å². The molecular formula is C14H26N4. The molecule has 4 heteroatoms. The number of likely N-dealkylation sites (N-methyl/N-ethyl adjacent to an activating group) is 1. The van der Waals surface area contributed by atoms with Gasteiger partial charge in [0.1, 0.15) is 0 Å². The molecule has 0 aliphatic carbocycles. The van der Waals surface area contributed by atoms with Crippen LogP contribution in [0.25, 0.3) is 0 Å². The second-order valence-corrected chi connectivity index (χ2v) is 5.04. The summed E-state index contributed by atoms with van der Waals surface area (Å²) in [6.07, 6.45) is 5.80. The first kappa shape index (κ1) is 15.1. The molecule has 0 fully saturated rings. The molecule has 102 valence electrons. The Bertz CT molecular complexity index is 372. The first-order chi connectivity index (χ1) is 8.53. The van der Waals surface area contributed by atoms with Crippen molar-refractivity contribution in [2.45, 2.75) is 45.2 Å². The van der Waals surface area contributed by atoms with Crippen molar-refractivity contribution in [3.05, 3.63) is 29.6 Å². The predicted octanol–water partition coefficient (Wildman–Crippen LogP) is 2.01. The molecule has 18 heavy (non-hydrogen) atoms. The van der Waals surface area contributed by atoms with Crippen molar-refractivity contribution in [1.29, 1.82) is 0 Å². The predicted molar refractivity (Wildman–Crippen MR) is 76.0 cm³/mol. The largest absolute Gasteiger partial charge is 0.302 e. The molecule has 0 amide bonds. The van der Waals surface area contributed by atoms with Gasteiger partial charge in [0.15, 0.2) is 0 Å². The zero-order valence-corrected chi connectivity index (χ0v) is 12.2. The van der Waals surface area contributed by atoms with E-state index in [1.165, 1.54) is 11.1 Å². The molecular weight excluding hydrogens is 224 g/mol. The van der Waals surface area contributed by atoms with Crippen molar-refractivity contribution in [3.63, 3.8) is 0 Å². The standard InChI is InChI=1S/C14H26N4/c1-6-14(7-2,18(4)5)13(17-15)12-10-16-9-8-11(12)3/h8-10,13,17H,6-7,15H2,1-5H3. The summed E-state index contributed by atoms with van der Waals surface area (Å²) in [6.45, 7) is 6.52. The maximum absolute atomic E-state index is 5.84. The highest BCUT2D eigenvalue weighted by atomic mass is 15.3. The van der Waals surface area contributed by atoms with Crippen molar-refractivity contribution < 1.29 is 0 Å². The zero-order valence-electron chi connectivity index (χ0n) is 12.2. The van der Waals surface area contributed by atoms with Crippen LogP contribution in [0.4, 0.5) is 0 Å². The second-order valence-electron chi connectivity index (χ2n) is 5.04. The number of rotatable bonds is 6. The Balaban J connectivity index is 3.27. The number of pyridine rings is 1. The van der Waals surface area contributed by atoms with E-state index in [1.807, 2.05) is 18.5 Å². The van der Waals surface area contributed by atoms with Crippen molar-refractivity contribution >= 4 is 0 Å². The molecule has 3 N–H and O–H groups in total. The van der Waals surface area contributed by atoms with Gasteiger partial charge in [-0.25, -0.2) is 0 Å². The minimum atomic E-state index is 0.00252. The van der Waals surface area contributed by atoms with Gasteiger partial charge in [-0.2, -0.15) is 0 Å². The van der Waals surface area contributed by atoms with E-state index >= 15 is 0 Å². The Hall–Kier alpha value is -0.970. The van der Waals surface area contributed by atoms with Gasteiger partial charge in [-0.15, -0.1) is 0 Å². The highest BCUT2D eigenvalue weighted by molar-refractivity contribution is 5.28. The Morgan fingerprint density at radius 1 is 1.39 bits per heavy atom. The van der Waals surface area contributed by atoms with E-state index in [0.29, 0.717) is 0 Å². The summed E-state index contributed by atoms with van der Waals surface area (Å²) >= 11 is 0. The van der Waals surface area contributed by atoms with Crippen LogP contribution in [-0.4, -0.2) is 29.5 Å². The fourth-order valence-electron chi connectivity index (χ4n) is 2.86. The Morgan fingerprint density at radius 3 is 2.39 bits per heavy atom. The Morgan fingerprint density at radius 2 is 2.00 bits per heavy atom. The van der Waals surface area contributed by atoms with Crippen molar-refractivity contribution in [3.8, 4) is 0 Å². The van der Waals surface area contributed by atoms with Gasteiger partial charge in [0, 0.05) is 17.9 Å². The lowest BCUT2D eigenvalue weighted by molar-refractivity contribution is 0.0877. The Labute approximate surface area is 111 Å². The first-order valence-electron chi connectivity index (χ1n) is 6.57. The first-order valence-corrected chi connectivity index (χ1v) is 6.57. The summed E-state index contributed by atoms with van der Waals surface area (Å²) in [7, 11) is 4.23. The number of nitrogens with one attached hydrogen (secondary N) is 1. The third-order valence-corrected chi connectivity index (χ3v) is 4.21. The van der Waals surface area contributed by atoms with Gasteiger partial charge < -0.3 is 4.90 Å². The minimum Gasteiger partial charge on any atom is -0.302 e. The average Bonchev–Trinajstić information content (AvgIpc) is 2.37. The lowest BCUT2D eigenvalue weighted by Crippen LogP contribution is -2.54. The summed E-state index contributed by atoms with van der Waals surface area (Å²) in [6, 6.07) is 2.11. The van der Waals surface area contributed by atoms with Crippen LogP contribution in [0.1, 0.15) is 43.9 Å². The van der Waals surface area contributed by atoms with Crippen LogP contribution in [-0.2, 0) is 0 Å². The van der Waals surface area contributed by atoms with Gasteiger partial charge in [0.2, 0.25) is 0 Å². The van der Waals surface area contributed by atoms with E-state index in [0.717, 1.165) is 12.8 Å². The molecule has 0 saturated heterocycles. The van der Waals surface area contributed by atoms with Crippen LogP contribution in [0.3, 0.4) is 0 Å². The summed E-state index contributed by atoms with van der Waals surface area (Å²) < 4.78 is 0. The molecule has 1 heterocycles. The molecule has 1 unspecified atom stereocenters. The minimum absolute atomic E-state index is 0.00252.